The summed E-state index contributed by atoms with van der Waals surface area (Å²) in [5, 5.41) is 9.84. The molecule has 0 aliphatic carbocycles. The average molecular weight is 323 g/mol. The third-order valence-electron chi connectivity index (χ3n) is 4.00. The molecule has 3 rings (SSSR count). The first-order chi connectivity index (χ1) is 11.5. The molecule has 0 bridgehead atoms. The number of carboxylic acid groups (broad SMARTS) is 1. The molecule has 0 fully saturated rings. The molecule has 1 aromatic heterocycles. The summed E-state index contributed by atoms with van der Waals surface area (Å²) in [5.74, 6) is -0.364. The zero-order chi connectivity index (χ0) is 17.3. The van der Waals surface area contributed by atoms with Crippen molar-refractivity contribution in [3.05, 3.63) is 65.4 Å². The molecule has 122 valence electrons. The number of nitrogens with zero attached hydrogens (tertiary/aromatic N) is 1. The van der Waals surface area contributed by atoms with E-state index in [0.29, 0.717) is 22.4 Å². The monoisotopic (exact) mass is 323 g/mol. The highest BCUT2D eigenvalue weighted by Crippen LogP contribution is 2.25. The summed E-state index contributed by atoms with van der Waals surface area (Å²) in [4.78, 5) is 23.9. The maximum absolute atomic E-state index is 12.9. The highest BCUT2D eigenvalue weighted by atomic mass is 16.5. The van der Waals surface area contributed by atoms with Crippen molar-refractivity contribution in [2.45, 2.75) is 13.3 Å². The summed E-state index contributed by atoms with van der Waals surface area (Å²) in [5.41, 5.74) is 2.72. The van der Waals surface area contributed by atoms with Crippen LogP contribution in [-0.2, 0) is 11.2 Å². The molecule has 0 aliphatic rings. The summed E-state index contributed by atoms with van der Waals surface area (Å²) in [6.07, 6.45) is -0.0719. The van der Waals surface area contributed by atoms with Gasteiger partial charge in [-0.2, -0.15) is 0 Å². The normalized spacial score (nSPS) is 10.8. The average Bonchev–Trinajstić information content (AvgIpc) is 2.91. The molecule has 0 saturated heterocycles. The van der Waals surface area contributed by atoms with Crippen LogP contribution >= 0.6 is 0 Å². The number of fused-ring (bicyclic) bond motifs is 1. The number of aromatic nitrogens is 1. The fourth-order valence-electron chi connectivity index (χ4n) is 2.87. The Morgan fingerprint density at radius 1 is 1.12 bits per heavy atom. The Labute approximate surface area is 139 Å². The lowest BCUT2D eigenvalue weighted by molar-refractivity contribution is -0.136. The van der Waals surface area contributed by atoms with Crippen molar-refractivity contribution in [1.29, 1.82) is 0 Å². The standard InChI is InChI=1S/C19H17NO4/c1-12-10-16-14(11-18(21)22)4-3-5-17(16)20(12)19(23)13-6-8-15(24-2)9-7-13/h3-10H,11H2,1-2H3,(H,21,22). The van der Waals surface area contributed by atoms with E-state index in [4.69, 9.17) is 9.84 Å². The molecule has 2 aromatic carbocycles. The molecule has 0 aliphatic heterocycles. The van der Waals surface area contributed by atoms with Crippen LogP contribution in [0.1, 0.15) is 21.6 Å². The van der Waals surface area contributed by atoms with Gasteiger partial charge in [-0.05, 0) is 48.9 Å². The van der Waals surface area contributed by atoms with Crippen molar-refractivity contribution in [2.24, 2.45) is 0 Å². The molecule has 1 N–H and O–H groups in total. The van der Waals surface area contributed by atoms with Gasteiger partial charge >= 0.3 is 5.97 Å². The van der Waals surface area contributed by atoms with Crippen LogP contribution in [0, 0.1) is 6.92 Å². The second kappa shape index (κ2) is 6.20. The minimum atomic E-state index is -0.894. The van der Waals surface area contributed by atoms with Gasteiger partial charge in [-0.25, -0.2) is 0 Å². The number of carbonyl (C=O) groups is 2. The number of benzene rings is 2. The van der Waals surface area contributed by atoms with Gasteiger partial charge in [0.2, 0.25) is 0 Å². The van der Waals surface area contributed by atoms with Crippen molar-refractivity contribution in [2.75, 3.05) is 7.11 Å². The van der Waals surface area contributed by atoms with Crippen LogP contribution in [0.5, 0.6) is 5.75 Å². The van der Waals surface area contributed by atoms with Crippen molar-refractivity contribution >= 4 is 22.8 Å². The molecule has 1 heterocycles. The second-order valence-corrected chi connectivity index (χ2v) is 5.58. The van der Waals surface area contributed by atoms with E-state index in [1.165, 1.54) is 0 Å². The van der Waals surface area contributed by atoms with Crippen LogP contribution < -0.4 is 4.74 Å². The Morgan fingerprint density at radius 3 is 2.46 bits per heavy atom. The summed E-state index contributed by atoms with van der Waals surface area (Å²) in [7, 11) is 1.57. The first-order valence-corrected chi connectivity index (χ1v) is 7.51. The summed E-state index contributed by atoms with van der Waals surface area (Å²) < 4.78 is 6.73. The SMILES string of the molecule is COc1ccc(C(=O)n2c(C)cc3c(CC(=O)O)cccc32)cc1. The topological polar surface area (TPSA) is 68.5 Å². The van der Waals surface area contributed by atoms with Crippen molar-refractivity contribution in [3.63, 3.8) is 0 Å². The van der Waals surface area contributed by atoms with Gasteiger partial charge in [-0.3, -0.25) is 14.2 Å². The Morgan fingerprint density at radius 2 is 1.83 bits per heavy atom. The summed E-state index contributed by atoms with van der Waals surface area (Å²) in [6, 6.07) is 14.1. The molecule has 0 spiro atoms. The number of hydrogen-bond donors (Lipinski definition) is 1. The van der Waals surface area contributed by atoms with Gasteiger partial charge in [0.15, 0.2) is 0 Å². The van der Waals surface area contributed by atoms with E-state index in [9.17, 15) is 9.59 Å². The van der Waals surface area contributed by atoms with Crippen LogP contribution in [-0.4, -0.2) is 28.7 Å². The molecule has 5 nitrogen and oxygen atoms in total. The molecule has 0 unspecified atom stereocenters. The molecular weight excluding hydrogens is 306 g/mol. The number of aryl methyl sites for hydroxylation is 1. The molecule has 24 heavy (non-hydrogen) atoms. The lowest BCUT2D eigenvalue weighted by Crippen LogP contribution is -2.13. The second-order valence-electron chi connectivity index (χ2n) is 5.58. The lowest BCUT2D eigenvalue weighted by atomic mass is 10.1. The third kappa shape index (κ3) is 2.76. The van der Waals surface area contributed by atoms with Crippen molar-refractivity contribution < 1.29 is 19.4 Å². The van der Waals surface area contributed by atoms with Gasteiger partial charge in [-0.1, -0.05) is 12.1 Å². The lowest BCUT2D eigenvalue weighted by Gasteiger charge is -2.08. The quantitative estimate of drug-likeness (QED) is 0.800. The third-order valence-corrected chi connectivity index (χ3v) is 4.00. The van der Waals surface area contributed by atoms with E-state index in [0.717, 1.165) is 11.1 Å². The number of hydrogen-bond acceptors (Lipinski definition) is 3. The maximum Gasteiger partial charge on any atom is 0.307 e. The number of methoxy groups -OCH3 is 1. The van der Waals surface area contributed by atoms with Crippen molar-refractivity contribution in [1.82, 2.24) is 4.57 Å². The number of ether oxygens (including phenoxy) is 1. The Hall–Kier alpha value is -3.08. The van der Waals surface area contributed by atoms with Gasteiger partial charge in [0.25, 0.3) is 5.91 Å². The smallest absolute Gasteiger partial charge is 0.307 e. The van der Waals surface area contributed by atoms with Gasteiger partial charge in [0, 0.05) is 16.6 Å². The Bertz CT molecular complexity index is 922. The number of carbonyl (C=O) groups excluding carboxylic acids is 1. The highest BCUT2D eigenvalue weighted by Gasteiger charge is 2.17. The van der Waals surface area contributed by atoms with E-state index in [2.05, 4.69) is 0 Å². The summed E-state index contributed by atoms with van der Waals surface area (Å²) >= 11 is 0. The number of rotatable bonds is 4. The van der Waals surface area contributed by atoms with Gasteiger partial charge in [0.1, 0.15) is 5.75 Å². The summed E-state index contributed by atoms with van der Waals surface area (Å²) in [6.45, 7) is 1.84. The van der Waals surface area contributed by atoms with E-state index >= 15 is 0 Å². The van der Waals surface area contributed by atoms with Crippen LogP contribution in [0.4, 0.5) is 0 Å². The minimum absolute atomic E-state index is 0.0719. The van der Waals surface area contributed by atoms with Crippen LogP contribution in [0.15, 0.2) is 48.5 Å². The Balaban J connectivity index is 2.10. The molecular formula is C19H17NO4. The molecule has 0 radical (unpaired) electrons. The van der Waals surface area contributed by atoms with E-state index in [1.807, 2.05) is 19.1 Å². The van der Waals surface area contributed by atoms with Gasteiger partial charge in [-0.15, -0.1) is 0 Å². The highest BCUT2D eigenvalue weighted by molar-refractivity contribution is 6.04. The van der Waals surface area contributed by atoms with Gasteiger partial charge in [0.05, 0.1) is 19.0 Å². The predicted octanol–water partition coefficient (Wildman–Crippen LogP) is 3.27. The molecule has 3 aromatic rings. The first-order valence-electron chi connectivity index (χ1n) is 7.51. The fourth-order valence-corrected chi connectivity index (χ4v) is 2.87. The Kier molecular flexibility index (Phi) is 4.08. The molecule has 0 atom stereocenters. The zero-order valence-corrected chi connectivity index (χ0v) is 13.4. The van der Waals surface area contributed by atoms with Crippen molar-refractivity contribution in [3.8, 4) is 5.75 Å². The first kappa shape index (κ1) is 15.8. The zero-order valence-electron chi connectivity index (χ0n) is 13.4. The molecule has 5 heteroatoms. The maximum atomic E-state index is 12.9. The van der Waals surface area contributed by atoms with Crippen LogP contribution in [0.3, 0.4) is 0 Å². The largest absolute Gasteiger partial charge is 0.497 e. The number of aliphatic carboxylic acids is 1. The fraction of sp³-hybridized carbons (Fsp3) is 0.158. The van der Waals surface area contributed by atoms with Crippen LogP contribution in [0.2, 0.25) is 0 Å². The van der Waals surface area contributed by atoms with Crippen LogP contribution in [0.25, 0.3) is 10.9 Å². The predicted molar refractivity (Wildman–Crippen MR) is 90.7 cm³/mol. The van der Waals surface area contributed by atoms with E-state index < -0.39 is 5.97 Å². The van der Waals surface area contributed by atoms with Gasteiger partial charge < -0.3 is 9.84 Å². The van der Waals surface area contributed by atoms with E-state index in [1.54, 1.807) is 48.1 Å². The molecule has 0 saturated carbocycles. The number of carboxylic acids is 1. The van der Waals surface area contributed by atoms with E-state index in [-0.39, 0.29) is 12.3 Å². The minimum Gasteiger partial charge on any atom is -0.497 e. The molecule has 0 amide bonds.